The smallest absolute Gasteiger partial charge is 0.186 e. The third kappa shape index (κ3) is 2.73. The summed E-state index contributed by atoms with van der Waals surface area (Å²) < 4.78 is 0. The van der Waals surface area contributed by atoms with Crippen LogP contribution in [0.3, 0.4) is 0 Å². The molecule has 0 spiro atoms. The van der Waals surface area contributed by atoms with Gasteiger partial charge in [-0.1, -0.05) is 19.8 Å². The van der Waals surface area contributed by atoms with Crippen molar-refractivity contribution in [3.05, 3.63) is 10.6 Å². The highest BCUT2D eigenvalue weighted by molar-refractivity contribution is 7.15. The first-order valence-corrected chi connectivity index (χ1v) is 9.08. The Kier molecular flexibility index (Phi) is 4.61. The summed E-state index contributed by atoms with van der Waals surface area (Å²) in [5.41, 5.74) is 1.35. The fraction of sp³-hybridized carbons (Fsp3) is 0.812. The Morgan fingerprint density at radius 3 is 2.95 bits per heavy atom. The number of aromatic nitrogens is 1. The van der Waals surface area contributed by atoms with Gasteiger partial charge in [-0.15, -0.1) is 11.3 Å². The molecule has 1 N–H and O–H groups in total. The van der Waals surface area contributed by atoms with Crippen LogP contribution in [0.1, 0.15) is 68.5 Å². The number of nitrogens with zero attached hydrogens (tertiary/aromatic N) is 2. The molecule has 1 aliphatic carbocycles. The minimum Gasteiger partial charge on any atom is -0.345 e. The number of anilines is 1. The zero-order chi connectivity index (χ0) is 13.9. The van der Waals surface area contributed by atoms with E-state index in [9.17, 15) is 0 Å². The first kappa shape index (κ1) is 14.3. The molecular weight excluding hydrogens is 266 g/mol. The van der Waals surface area contributed by atoms with Gasteiger partial charge in [0.2, 0.25) is 0 Å². The molecule has 4 heteroatoms. The average molecular weight is 293 g/mol. The molecule has 2 aliphatic rings. The number of aryl methyl sites for hydroxylation is 1. The van der Waals surface area contributed by atoms with Gasteiger partial charge in [-0.25, -0.2) is 4.98 Å². The highest BCUT2D eigenvalue weighted by Crippen LogP contribution is 2.38. The summed E-state index contributed by atoms with van der Waals surface area (Å²) in [6.45, 7) is 3.53. The van der Waals surface area contributed by atoms with E-state index in [1.807, 2.05) is 11.3 Å². The molecule has 2 unspecified atom stereocenters. The van der Waals surface area contributed by atoms with Crippen molar-refractivity contribution in [1.82, 2.24) is 10.3 Å². The molecule has 0 radical (unpaired) electrons. The molecule has 112 valence electrons. The van der Waals surface area contributed by atoms with Crippen molar-refractivity contribution in [2.24, 2.45) is 0 Å². The van der Waals surface area contributed by atoms with Gasteiger partial charge in [0, 0.05) is 17.5 Å². The largest absolute Gasteiger partial charge is 0.345 e. The third-order valence-electron chi connectivity index (χ3n) is 4.89. The standard InChI is InChI=1S/C16H27N3S/c1-3-12-8-5-4-6-11-19(12)16-18-15-13(17-2)9-7-10-14(15)20-16/h12-13,17H,3-11H2,1-2H3. The van der Waals surface area contributed by atoms with E-state index in [2.05, 4.69) is 24.2 Å². The van der Waals surface area contributed by atoms with Crippen LogP contribution in [0.5, 0.6) is 0 Å². The van der Waals surface area contributed by atoms with Crippen LogP contribution in [0.2, 0.25) is 0 Å². The van der Waals surface area contributed by atoms with Crippen LogP contribution >= 0.6 is 11.3 Å². The number of fused-ring (bicyclic) bond motifs is 1. The fourth-order valence-corrected chi connectivity index (χ4v) is 4.92. The number of thiazole rings is 1. The molecule has 3 nitrogen and oxygen atoms in total. The Balaban J connectivity index is 1.87. The predicted molar refractivity (Wildman–Crippen MR) is 86.7 cm³/mol. The maximum atomic E-state index is 5.05. The Hall–Kier alpha value is -0.610. The predicted octanol–water partition coefficient (Wildman–Crippen LogP) is 3.90. The maximum absolute atomic E-state index is 5.05. The topological polar surface area (TPSA) is 28.2 Å². The zero-order valence-corrected chi connectivity index (χ0v) is 13.6. The molecule has 1 fully saturated rings. The van der Waals surface area contributed by atoms with E-state index >= 15 is 0 Å². The second-order valence-electron chi connectivity index (χ2n) is 6.14. The van der Waals surface area contributed by atoms with Gasteiger partial charge < -0.3 is 10.2 Å². The van der Waals surface area contributed by atoms with Crippen LogP contribution in [0.15, 0.2) is 0 Å². The average Bonchev–Trinajstić information content (AvgIpc) is 2.77. The van der Waals surface area contributed by atoms with Crippen molar-refractivity contribution in [2.45, 2.75) is 70.4 Å². The van der Waals surface area contributed by atoms with Crippen LogP contribution in [-0.2, 0) is 6.42 Å². The minimum absolute atomic E-state index is 0.482. The van der Waals surface area contributed by atoms with Gasteiger partial charge in [0.1, 0.15) is 0 Å². The second kappa shape index (κ2) is 6.44. The van der Waals surface area contributed by atoms with E-state index in [4.69, 9.17) is 4.98 Å². The van der Waals surface area contributed by atoms with E-state index in [1.54, 1.807) is 0 Å². The third-order valence-corrected chi connectivity index (χ3v) is 6.05. The van der Waals surface area contributed by atoms with Crippen LogP contribution < -0.4 is 10.2 Å². The molecule has 0 amide bonds. The lowest BCUT2D eigenvalue weighted by atomic mass is 9.98. The number of hydrogen-bond acceptors (Lipinski definition) is 4. The van der Waals surface area contributed by atoms with Gasteiger partial charge in [-0.2, -0.15) is 0 Å². The molecular formula is C16H27N3S. The second-order valence-corrected chi connectivity index (χ2v) is 7.21. The Bertz CT molecular complexity index is 443. The summed E-state index contributed by atoms with van der Waals surface area (Å²) in [6, 6.07) is 1.19. The molecule has 2 atom stereocenters. The molecule has 0 bridgehead atoms. The monoisotopic (exact) mass is 293 g/mol. The highest BCUT2D eigenvalue weighted by Gasteiger charge is 2.28. The van der Waals surface area contributed by atoms with Gasteiger partial charge in [0.05, 0.1) is 11.7 Å². The summed E-state index contributed by atoms with van der Waals surface area (Å²) >= 11 is 1.96. The van der Waals surface area contributed by atoms with Crippen molar-refractivity contribution >= 4 is 16.5 Å². The summed E-state index contributed by atoms with van der Waals surface area (Å²) in [7, 11) is 2.07. The van der Waals surface area contributed by atoms with Gasteiger partial charge >= 0.3 is 0 Å². The Morgan fingerprint density at radius 1 is 1.25 bits per heavy atom. The van der Waals surface area contributed by atoms with E-state index in [0.29, 0.717) is 12.1 Å². The van der Waals surface area contributed by atoms with Crippen molar-refractivity contribution in [3.63, 3.8) is 0 Å². The van der Waals surface area contributed by atoms with E-state index in [1.165, 1.54) is 73.6 Å². The molecule has 20 heavy (non-hydrogen) atoms. The Labute approximate surface area is 126 Å². The zero-order valence-electron chi connectivity index (χ0n) is 12.8. The van der Waals surface area contributed by atoms with Crippen molar-refractivity contribution < 1.29 is 0 Å². The number of rotatable bonds is 3. The van der Waals surface area contributed by atoms with Crippen LogP contribution in [0, 0.1) is 0 Å². The van der Waals surface area contributed by atoms with Crippen LogP contribution in [0.25, 0.3) is 0 Å². The normalized spacial score (nSPS) is 27.2. The molecule has 0 aromatic carbocycles. The van der Waals surface area contributed by atoms with Crippen molar-refractivity contribution in [3.8, 4) is 0 Å². The first-order chi connectivity index (χ1) is 9.83. The first-order valence-electron chi connectivity index (χ1n) is 8.27. The lowest BCUT2D eigenvalue weighted by Crippen LogP contribution is -2.34. The lowest BCUT2D eigenvalue weighted by molar-refractivity contribution is 0.488. The maximum Gasteiger partial charge on any atom is 0.186 e. The SMILES string of the molecule is CCC1CCCCCN1c1nc2c(s1)CCCC2NC. The molecule has 1 aliphatic heterocycles. The van der Waals surface area contributed by atoms with Gasteiger partial charge in [0.25, 0.3) is 0 Å². The minimum atomic E-state index is 0.482. The lowest BCUT2D eigenvalue weighted by Gasteiger charge is -2.28. The van der Waals surface area contributed by atoms with Gasteiger partial charge in [-0.05, 0) is 45.6 Å². The van der Waals surface area contributed by atoms with Gasteiger partial charge in [0.15, 0.2) is 5.13 Å². The molecule has 3 rings (SSSR count). The number of nitrogens with one attached hydrogen (secondary N) is 1. The molecule has 1 aromatic heterocycles. The quantitative estimate of drug-likeness (QED) is 0.916. The molecule has 1 saturated heterocycles. The highest BCUT2D eigenvalue weighted by atomic mass is 32.1. The molecule has 1 aromatic rings. The van der Waals surface area contributed by atoms with Crippen molar-refractivity contribution in [1.29, 1.82) is 0 Å². The summed E-state index contributed by atoms with van der Waals surface area (Å²) in [5, 5.41) is 4.74. The number of hydrogen-bond donors (Lipinski definition) is 1. The molecule has 0 saturated carbocycles. The fourth-order valence-electron chi connectivity index (χ4n) is 3.66. The summed E-state index contributed by atoms with van der Waals surface area (Å²) in [5.74, 6) is 0. The molecule has 2 heterocycles. The Morgan fingerprint density at radius 2 is 2.15 bits per heavy atom. The van der Waals surface area contributed by atoms with Crippen LogP contribution in [0.4, 0.5) is 5.13 Å². The van der Waals surface area contributed by atoms with E-state index in [0.717, 1.165) is 0 Å². The van der Waals surface area contributed by atoms with Crippen LogP contribution in [-0.4, -0.2) is 24.6 Å². The van der Waals surface area contributed by atoms with Gasteiger partial charge in [-0.3, -0.25) is 0 Å². The van der Waals surface area contributed by atoms with Crippen molar-refractivity contribution in [2.75, 3.05) is 18.5 Å². The summed E-state index contributed by atoms with van der Waals surface area (Å²) in [6.07, 6.45) is 10.5. The van der Waals surface area contributed by atoms with E-state index in [-0.39, 0.29) is 0 Å². The summed E-state index contributed by atoms with van der Waals surface area (Å²) in [4.78, 5) is 9.19. The van der Waals surface area contributed by atoms with E-state index < -0.39 is 0 Å².